The van der Waals surface area contributed by atoms with Gasteiger partial charge in [-0.25, -0.2) is 21.8 Å². The van der Waals surface area contributed by atoms with Crippen LogP contribution in [0.2, 0.25) is 0 Å². The van der Waals surface area contributed by atoms with Crippen molar-refractivity contribution >= 4 is 47.7 Å². The zero-order chi connectivity index (χ0) is 23.4. The van der Waals surface area contributed by atoms with E-state index >= 15 is 0 Å². The molecule has 0 fully saturated rings. The summed E-state index contributed by atoms with van der Waals surface area (Å²) < 4.78 is 49.5. The van der Waals surface area contributed by atoms with Crippen molar-refractivity contribution in [1.29, 1.82) is 0 Å². The summed E-state index contributed by atoms with van der Waals surface area (Å²) in [5, 5.41) is 13.1. The van der Waals surface area contributed by atoms with Gasteiger partial charge in [0, 0.05) is 18.6 Å². The molecule has 1 heterocycles. The van der Waals surface area contributed by atoms with Gasteiger partial charge in [0.15, 0.2) is 15.0 Å². The second-order valence-electron chi connectivity index (χ2n) is 6.61. The van der Waals surface area contributed by atoms with Crippen molar-refractivity contribution in [2.75, 3.05) is 11.1 Å². The summed E-state index contributed by atoms with van der Waals surface area (Å²) in [5.41, 5.74) is 0.373. The van der Waals surface area contributed by atoms with Crippen LogP contribution in [-0.2, 0) is 30.2 Å². The number of nitro groups is 1. The molecule has 0 spiro atoms. The van der Waals surface area contributed by atoms with Crippen LogP contribution in [0.5, 0.6) is 0 Å². The molecule has 0 aliphatic carbocycles. The van der Waals surface area contributed by atoms with Crippen LogP contribution in [0.3, 0.4) is 0 Å². The molecule has 13 heteroatoms. The van der Waals surface area contributed by atoms with Crippen LogP contribution in [0.1, 0.15) is 12.0 Å². The van der Waals surface area contributed by atoms with Crippen molar-refractivity contribution in [2.45, 2.75) is 21.3 Å². The molecule has 10 nitrogen and oxygen atoms in total. The first-order valence-electron chi connectivity index (χ1n) is 9.06. The Labute approximate surface area is 187 Å². The van der Waals surface area contributed by atoms with Crippen LogP contribution >= 0.6 is 11.3 Å². The Morgan fingerprint density at radius 2 is 1.69 bits per heavy atom. The van der Waals surface area contributed by atoms with Crippen molar-refractivity contribution in [1.82, 2.24) is 4.98 Å². The van der Waals surface area contributed by atoms with Gasteiger partial charge < -0.3 is 5.32 Å². The van der Waals surface area contributed by atoms with E-state index in [-0.39, 0.29) is 37.9 Å². The molecular weight excluding hydrogens is 478 g/mol. The summed E-state index contributed by atoms with van der Waals surface area (Å²) in [4.78, 5) is 25.9. The van der Waals surface area contributed by atoms with Crippen LogP contribution in [-0.4, -0.2) is 38.4 Å². The van der Waals surface area contributed by atoms with E-state index < -0.39 is 30.5 Å². The van der Waals surface area contributed by atoms with Crippen molar-refractivity contribution < 1.29 is 26.6 Å². The molecule has 0 radical (unpaired) electrons. The number of benzene rings is 2. The number of nitrogens with one attached hydrogen (secondary N) is 1. The first-order valence-corrected chi connectivity index (χ1v) is 13.2. The SMILES string of the molecule is O=C(CCS(=O)(=O)Cc1ccccc1)Nc1ncc(S(=O)(=O)c2ccc([N+](=O)[O-])cc2)s1. The van der Waals surface area contributed by atoms with Gasteiger partial charge in [-0.15, -0.1) is 0 Å². The van der Waals surface area contributed by atoms with E-state index in [1.165, 1.54) is 0 Å². The lowest BCUT2D eigenvalue weighted by Gasteiger charge is -2.05. The number of non-ortho nitro benzene ring substituents is 1. The van der Waals surface area contributed by atoms with E-state index in [4.69, 9.17) is 0 Å². The van der Waals surface area contributed by atoms with Crippen molar-refractivity contribution in [3.05, 3.63) is 76.5 Å². The second-order valence-corrected chi connectivity index (χ2v) is 12.0. The first-order chi connectivity index (χ1) is 15.1. The van der Waals surface area contributed by atoms with Gasteiger partial charge in [-0.05, 0) is 17.7 Å². The van der Waals surface area contributed by atoms with Crippen LogP contribution in [0.15, 0.2) is 69.9 Å². The van der Waals surface area contributed by atoms with Crippen LogP contribution in [0, 0.1) is 10.1 Å². The Morgan fingerprint density at radius 3 is 2.31 bits per heavy atom. The lowest BCUT2D eigenvalue weighted by atomic mass is 10.2. The summed E-state index contributed by atoms with van der Waals surface area (Å²) in [6, 6.07) is 13.0. The van der Waals surface area contributed by atoms with Crippen LogP contribution in [0.25, 0.3) is 0 Å². The highest BCUT2D eigenvalue weighted by Gasteiger charge is 2.23. The minimum Gasteiger partial charge on any atom is -0.302 e. The average molecular weight is 496 g/mol. The molecule has 0 bridgehead atoms. The summed E-state index contributed by atoms with van der Waals surface area (Å²) in [7, 11) is -7.49. The normalized spacial score (nSPS) is 11.8. The Morgan fingerprint density at radius 1 is 1.03 bits per heavy atom. The summed E-state index contributed by atoms with van der Waals surface area (Å²) >= 11 is 0.695. The largest absolute Gasteiger partial charge is 0.302 e. The molecule has 0 aliphatic heterocycles. The highest BCUT2D eigenvalue weighted by molar-refractivity contribution is 7.93. The minimum atomic E-state index is -3.98. The van der Waals surface area contributed by atoms with Gasteiger partial charge in [0.2, 0.25) is 15.7 Å². The highest BCUT2D eigenvalue weighted by Crippen LogP contribution is 2.29. The van der Waals surface area contributed by atoms with E-state index in [9.17, 15) is 31.7 Å². The molecule has 1 amide bonds. The molecule has 168 valence electrons. The van der Waals surface area contributed by atoms with E-state index in [0.717, 1.165) is 30.5 Å². The van der Waals surface area contributed by atoms with Gasteiger partial charge >= 0.3 is 0 Å². The standard InChI is InChI=1S/C19H17N3O7S3/c23-17(10-11-31(26,27)13-14-4-2-1-3-5-14)21-19-20-12-18(30-19)32(28,29)16-8-6-15(7-9-16)22(24)25/h1-9,12H,10-11,13H2,(H,20,21,23). The number of thiazole rings is 1. The summed E-state index contributed by atoms with van der Waals surface area (Å²) in [5.74, 6) is -1.17. The number of hydrogen-bond donors (Lipinski definition) is 1. The third kappa shape index (κ3) is 5.96. The molecule has 0 unspecified atom stereocenters. The second kappa shape index (κ2) is 9.54. The summed E-state index contributed by atoms with van der Waals surface area (Å²) in [6.07, 6.45) is 0.752. The van der Waals surface area contributed by atoms with Gasteiger partial charge in [0.1, 0.15) is 4.21 Å². The highest BCUT2D eigenvalue weighted by atomic mass is 32.2. The minimum absolute atomic E-state index is 0.00376. The number of carbonyl (C=O) groups is 1. The molecular formula is C19H17N3O7S3. The number of carbonyl (C=O) groups excluding carboxylic acids is 1. The third-order valence-electron chi connectivity index (χ3n) is 4.22. The number of nitro benzene ring substituents is 1. The number of aromatic nitrogens is 1. The lowest BCUT2D eigenvalue weighted by molar-refractivity contribution is -0.384. The quantitative estimate of drug-likeness (QED) is 0.351. The van der Waals surface area contributed by atoms with Gasteiger partial charge in [0.05, 0.1) is 27.5 Å². The Kier molecular flexibility index (Phi) is 7.01. The zero-order valence-corrected chi connectivity index (χ0v) is 18.8. The van der Waals surface area contributed by atoms with Crippen molar-refractivity contribution in [3.63, 3.8) is 0 Å². The van der Waals surface area contributed by atoms with Crippen LogP contribution < -0.4 is 5.32 Å². The number of amides is 1. The molecule has 0 aliphatic rings. The van der Waals surface area contributed by atoms with Gasteiger partial charge in [0.25, 0.3) is 5.69 Å². The maximum absolute atomic E-state index is 12.7. The van der Waals surface area contributed by atoms with Gasteiger partial charge in [-0.3, -0.25) is 14.9 Å². The number of sulfone groups is 2. The van der Waals surface area contributed by atoms with Crippen molar-refractivity contribution in [3.8, 4) is 0 Å². The van der Waals surface area contributed by atoms with Crippen LogP contribution in [0.4, 0.5) is 10.8 Å². The predicted octanol–water partition coefficient (Wildman–Crippen LogP) is 2.83. The Balaban J connectivity index is 1.61. The fourth-order valence-corrected chi connectivity index (χ4v) is 6.42. The summed E-state index contributed by atoms with van der Waals surface area (Å²) in [6.45, 7) is 0. The smallest absolute Gasteiger partial charge is 0.269 e. The fraction of sp³-hybridized carbons (Fsp3) is 0.158. The molecule has 0 saturated carbocycles. The Hall–Kier alpha value is -3.16. The number of nitrogens with zero attached hydrogens (tertiary/aromatic N) is 2. The monoisotopic (exact) mass is 495 g/mol. The van der Waals surface area contributed by atoms with E-state index in [0.29, 0.717) is 16.9 Å². The predicted molar refractivity (Wildman–Crippen MR) is 118 cm³/mol. The van der Waals surface area contributed by atoms with E-state index in [1.807, 2.05) is 0 Å². The Bertz CT molecular complexity index is 1330. The van der Waals surface area contributed by atoms with Crippen molar-refractivity contribution in [2.24, 2.45) is 0 Å². The maximum Gasteiger partial charge on any atom is 0.269 e. The maximum atomic E-state index is 12.7. The molecule has 32 heavy (non-hydrogen) atoms. The fourth-order valence-electron chi connectivity index (χ4n) is 2.63. The van der Waals surface area contributed by atoms with Gasteiger partial charge in [-0.2, -0.15) is 0 Å². The topological polar surface area (TPSA) is 153 Å². The molecule has 3 aromatic rings. The molecule has 2 aromatic carbocycles. The molecule has 0 atom stereocenters. The third-order valence-corrected chi connectivity index (χ3v) is 8.97. The average Bonchev–Trinajstić information content (AvgIpc) is 3.22. The molecule has 1 aromatic heterocycles. The zero-order valence-electron chi connectivity index (χ0n) is 16.4. The number of anilines is 1. The lowest BCUT2D eigenvalue weighted by Crippen LogP contribution is -2.18. The number of hydrogen-bond acceptors (Lipinski definition) is 9. The molecule has 1 N–H and O–H groups in total. The number of rotatable bonds is 9. The van der Waals surface area contributed by atoms with E-state index in [1.54, 1.807) is 30.3 Å². The first kappa shape index (κ1) is 23.5. The molecule has 0 saturated heterocycles. The van der Waals surface area contributed by atoms with Gasteiger partial charge in [-0.1, -0.05) is 41.7 Å². The van der Waals surface area contributed by atoms with E-state index in [2.05, 4.69) is 10.3 Å². The molecule has 3 rings (SSSR count).